The van der Waals surface area contributed by atoms with Gasteiger partial charge in [-0.3, -0.25) is 10.1 Å². The summed E-state index contributed by atoms with van der Waals surface area (Å²) in [6.07, 6.45) is 0. The normalized spacial score (nSPS) is 10.5. The average molecular weight is 347 g/mol. The molecule has 0 aliphatic rings. The van der Waals surface area contributed by atoms with E-state index in [1.54, 1.807) is 12.1 Å². The van der Waals surface area contributed by atoms with Gasteiger partial charge in [-0.2, -0.15) is 0 Å². The molecule has 0 spiro atoms. The van der Waals surface area contributed by atoms with E-state index < -0.39 is 0 Å². The Bertz CT molecular complexity index is 813. The van der Waals surface area contributed by atoms with Crippen LogP contribution in [0.1, 0.15) is 5.01 Å². The number of nitrogens with one attached hydrogen (secondary N) is 1. The highest BCUT2D eigenvalue weighted by molar-refractivity contribution is 7.15. The Morgan fingerprint density at radius 2 is 2.09 bits per heavy atom. The van der Waals surface area contributed by atoms with Gasteiger partial charge < -0.3 is 10.5 Å². The molecule has 23 heavy (non-hydrogen) atoms. The van der Waals surface area contributed by atoms with E-state index in [1.807, 2.05) is 24.4 Å². The molecular weight excluding hydrogens is 334 g/mol. The molecule has 9 heteroatoms. The standard InChI is InChI=1S/C14H13N5O2S2/c1-8-18-19-14(23-8)17-12(20)6-21-10-4-2-9(3-5-10)11-7-22-13(15)16-11/h2-5,7H,6H2,1H3,(H2,15,16)(H,17,19,20). The predicted molar refractivity (Wildman–Crippen MR) is 90.7 cm³/mol. The second-order valence-corrected chi connectivity index (χ2v) is 6.63. The number of amides is 1. The molecule has 3 rings (SSSR count). The van der Waals surface area contributed by atoms with Gasteiger partial charge in [-0.05, 0) is 31.2 Å². The number of aryl methyl sites for hydroxylation is 1. The quantitative estimate of drug-likeness (QED) is 0.735. The summed E-state index contributed by atoms with van der Waals surface area (Å²) in [5.41, 5.74) is 7.39. The van der Waals surface area contributed by atoms with E-state index in [0.717, 1.165) is 16.3 Å². The summed E-state index contributed by atoms with van der Waals surface area (Å²) in [5.74, 6) is 0.318. The lowest BCUT2D eigenvalue weighted by atomic mass is 10.2. The van der Waals surface area contributed by atoms with Crippen LogP contribution in [0.15, 0.2) is 29.6 Å². The van der Waals surface area contributed by atoms with Gasteiger partial charge in [-0.25, -0.2) is 4.98 Å². The van der Waals surface area contributed by atoms with Gasteiger partial charge in [0.15, 0.2) is 11.7 Å². The minimum Gasteiger partial charge on any atom is -0.484 e. The van der Waals surface area contributed by atoms with Crippen LogP contribution in [0, 0.1) is 6.92 Å². The van der Waals surface area contributed by atoms with Gasteiger partial charge in [0.1, 0.15) is 10.8 Å². The first kappa shape index (κ1) is 15.4. The summed E-state index contributed by atoms with van der Waals surface area (Å²) in [5, 5.41) is 14.0. The third-order valence-electron chi connectivity index (χ3n) is 2.81. The maximum atomic E-state index is 11.8. The number of aromatic nitrogens is 3. The molecule has 3 aromatic rings. The summed E-state index contributed by atoms with van der Waals surface area (Å²) in [6, 6.07) is 7.31. The van der Waals surface area contributed by atoms with Gasteiger partial charge in [0.25, 0.3) is 5.91 Å². The number of rotatable bonds is 5. The summed E-state index contributed by atoms with van der Waals surface area (Å²) < 4.78 is 5.44. The number of carbonyl (C=O) groups excluding carboxylic acids is 1. The van der Waals surface area contributed by atoms with Crippen molar-refractivity contribution in [3.63, 3.8) is 0 Å². The van der Waals surface area contributed by atoms with Gasteiger partial charge in [0.2, 0.25) is 5.13 Å². The Labute approximate surface area is 140 Å². The highest BCUT2D eigenvalue weighted by Crippen LogP contribution is 2.25. The SMILES string of the molecule is Cc1nnc(NC(=O)COc2ccc(-c3csc(N)n3)cc2)s1. The smallest absolute Gasteiger partial charge is 0.264 e. The van der Waals surface area contributed by atoms with E-state index in [9.17, 15) is 4.79 Å². The Kier molecular flexibility index (Phi) is 4.49. The number of ether oxygens (including phenoxy) is 1. The number of carbonyl (C=O) groups is 1. The first-order valence-corrected chi connectivity index (χ1v) is 8.34. The lowest BCUT2D eigenvalue weighted by Crippen LogP contribution is -2.20. The van der Waals surface area contributed by atoms with E-state index in [-0.39, 0.29) is 12.5 Å². The van der Waals surface area contributed by atoms with Crippen molar-refractivity contribution in [3.05, 3.63) is 34.7 Å². The van der Waals surface area contributed by atoms with Crippen LogP contribution in [-0.4, -0.2) is 27.7 Å². The zero-order valence-electron chi connectivity index (χ0n) is 12.1. The van der Waals surface area contributed by atoms with Crippen LogP contribution in [0.25, 0.3) is 11.3 Å². The van der Waals surface area contributed by atoms with Crippen molar-refractivity contribution in [1.29, 1.82) is 0 Å². The lowest BCUT2D eigenvalue weighted by molar-refractivity contribution is -0.118. The van der Waals surface area contributed by atoms with Crippen molar-refractivity contribution >= 4 is 38.8 Å². The number of anilines is 2. The average Bonchev–Trinajstić information content (AvgIpc) is 3.14. The fourth-order valence-electron chi connectivity index (χ4n) is 1.79. The molecule has 0 saturated heterocycles. The van der Waals surface area contributed by atoms with Crippen LogP contribution in [0.3, 0.4) is 0 Å². The largest absolute Gasteiger partial charge is 0.484 e. The fourth-order valence-corrected chi connectivity index (χ4v) is 2.97. The number of nitrogen functional groups attached to an aromatic ring is 1. The maximum Gasteiger partial charge on any atom is 0.264 e. The predicted octanol–water partition coefficient (Wildman–Crippen LogP) is 2.57. The third-order valence-corrected chi connectivity index (χ3v) is 4.24. The molecule has 2 heterocycles. The Morgan fingerprint density at radius 1 is 1.30 bits per heavy atom. The molecule has 0 unspecified atom stereocenters. The second-order valence-electron chi connectivity index (χ2n) is 4.56. The highest BCUT2D eigenvalue weighted by atomic mass is 32.1. The summed E-state index contributed by atoms with van der Waals surface area (Å²) in [7, 11) is 0. The number of benzene rings is 1. The number of hydrogen-bond acceptors (Lipinski definition) is 8. The first-order chi connectivity index (χ1) is 11.1. The zero-order chi connectivity index (χ0) is 16.2. The van der Waals surface area contributed by atoms with E-state index in [4.69, 9.17) is 10.5 Å². The van der Waals surface area contributed by atoms with Crippen LogP contribution < -0.4 is 15.8 Å². The molecule has 0 aliphatic carbocycles. The molecule has 0 radical (unpaired) electrons. The fraction of sp³-hybridized carbons (Fsp3) is 0.143. The molecule has 0 bridgehead atoms. The molecule has 1 amide bonds. The van der Waals surface area contributed by atoms with Crippen molar-refractivity contribution in [2.45, 2.75) is 6.92 Å². The molecule has 0 atom stereocenters. The number of hydrogen-bond donors (Lipinski definition) is 2. The van der Waals surface area contributed by atoms with Gasteiger partial charge in [-0.15, -0.1) is 21.5 Å². The Balaban J connectivity index is 1.55. The van der Waals surface area contributed by atoms with Gasteiger partial charge in [0, 0.05) is 10.9 Å². The molecule has 0 fully saturated rings. The Hall–Kier alpha value is -2.52. The number of thiazole rings is 1. The molecule has 0 saturated carbocycles. The Morgan fingerprint density at radius 3 is 2.70 bits per heavy atom. The van der Waals surface area contributed by atoms with Crippen molar-refractivity contribution in [1.82, 2.24) is 15.2 Å². The molecule has 3 N–H and O–H groups in total. The number of nitrogens with zero attached hydrogens (tertiary/aromatic N) is 3. The van der Waals surface area contributed by atoms with Crippen molar-refractivity contribution in [2.24, 2.45) is 0 Å². The number of nitrogens with two attached hydrogens (primary N) is 1. The monoisotopic (exact) mass is 347 g/mol. The highest BCUT2D eigenvalue weighted by Gasteiger charge is 2.08. The summed E-state index contributed by atoms with van der Waals surface area (Å²) >= 11 is 2.71. The molecule has 7 nitrogen and oxygen atoms in total. The van der Waals surface area contributed by atoms with E-state index in [2.05, 4.69) is 20.5 Å². The van der Waals surface area contributed by atoms with Crippen LogP contribution in [0.2, 0.25) is 0 Å². The molecule has 118 valence electrons. The molecule has 0 aliphatic heterocycles. The van der Waals surface area contributed by atoms with Crippen LogP contribution in [0.4, 0.5) is 10.3 Å². The minimum absolute atomic E-state index is 0.0956. The minimum atomic E-state index is -0.280. The van der Waals surface area contributed by atoms with E-state index >= 15 is 0 Å². The zero-order valence-corrected chi connectivity index (χ0v) is 13.8. The van der Waals surface area contributed by atoms with Gasteiger partial charge >= 0.3 is 0 Å². The van der Waals surface area contributed by atoms with Crippen molar-refractivity contribution in [3.8, 4) is 17.0 Å². The lowest BCUT2D eigenvalue weighted by Gasteiger charge is -2.06. The van der Waals surface area contributed by atoms with E-state index in [1.165, 1.54) is 22.7 Å². The maximum absolute atomic E-state index is 11.8. The van der Waals surface area contributed by atoms with Gasteiger partial charge in [0.05, 0.1) is 5.69 Å². The summed E-state index contributed by atoms with van der Waals surface area (Å²) in [4.78, 5) is 16.0. The van der Waals surface area contributed by atoms with Gasteiger partial charge in [-0.1, -0.05) is 11.3 Å². The van der Waals surface area contributed by atoms with E-state index in [0.29, 0.717) is 16.0 Å². The molecule has 2 aromatic heterocycles. The molecular formula is C14H13N5O2S2. The van der Waals surface area contributed by atoms with Crippen molar-refractivity contribution < 1.29 is 9.53 Å². The molecule has 1 aromatic carbocycles. The third kappa shape index (κ3) is 4.02. The second kappa shape index (κ2) is 6.71. The van der Waals surface area contributed by atoms with Crippen LogP contribution in [0.5, 0.6) is 5.75 Å². The van der Waals surface area contributed by atoms with Crippen molar-refractivity contribution in [2.75, 3.05) is 17.7 Å². The topological polar surface area (TPSA) is 103 Å². The van der Waals surface area contributed by atoms with Crippen LogP contribution >= 0.6 is 22.7 Å². The summed E-state index contributed by atoms with van der Waals surface area (Å²) in [6.45, 7) is 1.73. The van der Waals surface area contributed by atoms with Crippen LogP contribution in [-0.2, 0) is 4.79 Å². The first-order valence-electron chi connectivity index (χ1n) is 6.64.